The summed E-state index contributed by atoms with van der Waals surface area (Å²) in [5.41, 5.74) is 0.538. The van der Waals surface area contributed by atoms with E-state index in [0.29, 0.717) is 5.75 Å². The van der Waals surface area contributed by atoms with Gasteiger partial charge in [-0.25, -0.2) is 9.80 Å². The molecule has 42 heavy (non-hydrogen) atoms. The second-order valence-electron chi connectivity index (χ2n) is 10.4. The number of imide groups is 1. The van der Waals surface area contributed by atoms with E-state index in [-0.39, 0.29) is 39.3 Å². The van der Waals surface area contributed by atoms with Crippen LogP contribution in [0.2, 0.25) is 5.02 Å². The molecular formula is C32H25ClN2O7. The Labute approximate surface area is 246 Å². The lowest BCUT2D eigenvalue weighted by Crippen LogP contribution is -2.52. The number of carbonyl (C=O) groups is 5. The normalized spacial score (nSPS) is 21.8. The van der Waals surface area contributed by atoms with Crippen LogP contribution in [0.3, 0.4) is 0 Å². The van der Waals surface area contributed by atoms with Crippen molar-refractivity contribution in [3.8, 4) is 11.5 Å². The first-order valence-electron chi connectivity index (χ1n) is 13.4. The summed E-state index contributed by atoms with van der Waals surface area (Å²) in [7, 11) is 1.49. The number of methoxy groups -OCH3 is 1. The van der Waals surface area contributed by atoms with Crippen LogP contribution in [0.5, 0.6) is 11.5 Å². The number of ketones is 1. The smallest absolute Gasteiger partial charge is 0.343 e. The van der Waals surface area contributed by atoms with Crippen molar-refractivity contribution in [2.24, 2.45) is 23.7 Å². The molecule has 9 nitrogen and oxygen atoms in total. The highest BCUT2D eigenvalue weighted by Crippen LogP contribution is 2.52. The van der Waals surface area contributed by atoms with Gasteiger partial charge in [-0.2, -0.15) is 5.01 Å². The second kappa shape index (κ2) is 10.9. The van der Waals surface area contributed by atoms with E-state index in [1.54, 1.807) is 36.4 Å². The third kappa shape index (κ3) is 4.75. The Bertz CT molecular complexity index is 1620. The van der Waals surface area contributed by atoms with Gasteiger partial charge in [0.25, 0.3) is 17.7 Å². The lowest BCUT2D eigenvalue weighted by Gasteiger charge is -2.31. The van der Waals surface area contributed by atoms with Crippen molar-refractivity contribution in [3.63, 3.8) is 0 Å². The molecule has 10 heteroatoms. The van der Waals surface area contributed by atoms with Crippen LogP contribution in [0, 0.1) is 23.7 Å². The molecule has 3 amide bonds. The van der Waals surface area contributed by atoms with Crippen LogP contribution in [0.1, 0.15) is 37.5 Å². The minimum Gasteiger partial charge on any atom is -0.497 e. The number of nitrogens with zero attached hydrogens (tertiary/aromatic N) is 2. The topological polar surface area (TPSA) is 110 Å². The van der Waals surface area contributed by atoms with E-state index < -0.39 is 47.9 Å². The summed E-state index contributed by atoms with van der Waals surface area (Å²) >= 11 is 6.29. The summed E-state index contributed by atoms with van der Waals surface area (Å²) in [5.74, 6) is -3.39. The van der Waals surface area contributed by atoms with E-state index in [0.717, 1.165) is 16.4 Å². The maximum Gasteiger partial charge on any atom is 0.343 e. The van der Waals surface area contributed by atoms with E-state index in [4.69, 9.17) is 21.1 Å². The van der Waals surface area contributed by atoms with E-state index in [9.17, 15) is 24.0 Å². The zero-order chi connectivity index (χ0) is 29.5. The molecule has 1 saturated carbocycles. The van der Waals surface area contributed by atoms with Crippen molar-refractivity contribution < 1.29 is 33.4 Å². The number of esters is 1. The second-order valence-corrected chi connectivity index (χ2v) is 10.8. The fraction of sp³-hybridized carbons (Fsp3) is 0.219. The van der Waals surface area contributed by atoms with Crippen LogP contribution < -0.4 is 9.47 Å². The fourth-order valence-electron chi connectivity index (χ4n) is 5.98. The number of halogens is 1. The van der Waals surface area contributed by atoms with Gasteiger partial charge in [-0.1, -0.05) is 42.0 Å². The molecule has 0 unspecified atom stereocenters. The largest absolute Gasteiger partial charge is 0.497 e. The third-order valence-corrected chi connectivity index (χ3v) is 8.34. The number of benzene rings is 3. The van der Waals surface area contributed by atoms with Crippen LogP contribution in [0.15, 0.2) is 84.9 Å². The molecule has 0 aromatic heterocycles. The molecule has 4 atom stereocenters. The Kier molecular flexibility index (Phi) is 7.12. The molecule has 1 saturated heterocycles. The van der Waals surface area contributed by atoms with Crippen LogP contribution >= 0.6 is 11.6 Å². The van der Waals surface area contributed by atoms with Crippen LogP contribution in [-0.2, 0) is 9.59 Å². The van der Waals surface area contributed by atoms with Gasteiger partial charge in [-0.15, -0.1) is 0 Å². The van der Waals surface area contributed by atoms with Crippen molar-refractivity contribution in [3.05, 3.63) is 107 Å². The molecule has 0 radical (unpaired) electrons. The first-order valence-corrected chi connectivity index (χ1v) is 13.8. The summed E-state index contributed by atoms with van der Waals surface area (Å²) in [6, 6.07) is 18.5. The minimum absolute atomic E-state index is 0.0607. The van der Waals surface area contributed by atoms with Crippen LogP contribution in [-0.4, -0.2) is 53.1 Å². The van der Waals surface area contributed by atoms with Crippen molar-refractivity contribution in [1.82, 2.24) is 10.0 Å². The molecule has 3 aromatic carbocycles. The van der Waals surface area contributed by atoms with E-state index in [2.05, 4.69) is 0 Å². The number of hydrazine groups is 1. The molecule has 2 aliphatic carbocycles. The first-order chi connectivity index (χ1) is 20.3. The Morgan fingerprint density at radius 1 is 0.857 bits per heavy atom. The van der Waals surface area contributed by atoms with Gasteiger partial charge < -0.3 is 9.47 Å². The highest BCUT2D eigenvalue weighted by Gasteiger charge is 2.61. The summed E-state index contributed by atoms with van der Waals surface area (Å²) in [6.45, 7) is -0.577. The third-order valence-electron chi connectivity index (χ3n) is 8.01. The molecule has 2 fully saturated rings. The van der Waals surface area contributed by atoms with Gasteiger partial charge in [0.05, 0.1) is 35.1 Å². The highest BCUT2D eigenvalue weighted by atomic mass is 35.5. The Morgan fingerprint density at radius 3 is 2.17 bits per heavy atom. The Balaban J connectivity index is 1.23. The molecule has 212 valence electrons. The molecule has 1 aliphatic heterocycles. The number of hydrogen-bond acceptors (Lipinski definition) is 7. The van der Waals surface area contributed by atoms with Gasteiger partial charge in [0, 0.05) is 5.56 Å². The SMILES string of the molecule is COc1cccc(C(=O)Oc2ccc(C(=O)CN(C(=O)c3ccccc3Cl)N3C(=O)[C@@H]4[C@H](C3=O)[C@H]3C=C[C@H]4C3)cc2)c1. The number of hydrogen-bond donors (Lipinski definition) is 0. The van der Waals surface area contributed by atoms with Gasteiger partial charge in [-0.3, -0.25) is 19.2 Å². The van der Waals surface area contributed by atoms with Gasteiger partial charge in [0.2, 0.25) is 0 Å². The fourth-order valence-corrected chi connectivity index (χ4v) is 6.20. The number of Topliss-reactive ketones (excluding diaryl/α,β-unsaturated/α-hetero) is 1. The number of allylic oxidation sites excluding steroid dienone is 2. The number of ether oxygens (including phenoxy) is 2. The zero-order valence-corrected chi connectivity index (χ0v) is 23.2. The van der Waals surface area contributed by atoms with Crippen molar-refractivity contribution in [2.45, 2.75) is 6.42 Å². The number of carbonyl (C=O) groups excluding carboxylic acids is 5. The Morgan fingerprint density at radius 2 is 1.52 bits per heavy atom. The highest BCUT2D eigenvalue weighted by molar-refractivity contribution is 6.34. The van der Waals surface area contributed by atoms with Crippen LogP contribution in [0.4, 0.5) is 0 Å². The molecule has 6 rings (SSSR count). The van der Waals surface area contributed by atoms with Gasteiger partial charge in [0.1, 0.15) is 18.0 Å². The Hall–Kier alpha value is -4.76. The maximum absolute atomic E-state index is 13.7. The van der Waals surface area contributed by atoms with Gasteiger partial charge >= 0.3 is 5.97 Å². The molecule has 2 bridgehead atoms. The summed E-state index contributed by atoms with van der Waals surface area (Å²) in [4.78, 5) is 66.8. The monoisotopic (exact) mass is 584 g/mol. The summed E-state index contributed by atoms with van der Waals surface area (Å²) in [6.07, 6.45) is 4.63. The lowest BCUT2D eigenvalue weighted by atomic mass is 9.85. The molecule has 3 aromatic rings. The zero-order valence-electron chi connectivity index (χ0n) is 22.4. The quantitative estimate of drug-likeness (QED) is 0.125. The van der Waals surface area contributed by atoms with Crippen molar-refractivity contribution in [2.75, 3.05) is 13.7 Å². The summed E-state index contributed by atoms with van der Waals surface area (Å²) < 4.78 is 10.6. The minimum atomic E-state index is -0.736. The van der Waals surface area contributed by atoms with Crippen molar-refractivity contribution >= 4 is 41.1 Å². The molecule has 3 aliphatic rings. The average molecular weight is 585 g/mol. The van der Waals surface area contributed by atoms with Crippen molar-refractivity contribution in [1.29, 1.82) is 0 Å². The molecule has 0 N–H and O–H groups in total. The van der Waals surface area contributed by atoms with Gasteiger partial charge in [0.15, 0.2) is 5.78 Å². The molecule has 1 heterocycles. The number of rotatable bonds is 8. The predicted molar refractivity (Wildman–Crippen MR) is 151 cm³/mol. The predicted octanol–water partition coefficient (Wildman–Crippen LogP) is 4.62. The van der Waals surface area contributed by atoms with E-state index in [1.165, 1.54) is 43.5 Å². The molecular weight excluding hydrogens is 560 g/mol. The first kappa shape index (κ1) is 27.4. The molecule has 0 spiro atoms. The van der Waals surface area contributed by atoms with Gasteiger partial charge in [-0.05, 0) is 72.9 Å². The van der Waals surface area contributed by atoms with E-state index in [1.807, 2.05) is 12.2 Å². The van der Waals surface area contributed by atoms with E-state index >= 15 is 0 Å². The summed E-state index contributed by atoms with van der Waals surface area (Å²) in [5, 5.41) is 1.88. The maximum atomic E-state index is 13.7. The van der Waals surface area contributed by atoms with Crippen LogP contribution in [0.25, 0.3) is 0 Å². The average Bonchev–Trinajstić information content (AvgIpc) is 3.69. The number of amides is 3. The lowest BCUT2D eigenvalue weighted by molar-refractivity contribution is -0.154. The number of fused-ring (bicyclic) bond motifs is 5. The standard InChI is InChI=1S/C32H25ClN2O7/c1-41-23-6-4-5-21(16-23)32(40)42-22-13-11-18(12-14-22)26(36)17-34(29(37)24-7-2-3-8-25(24)33)35-30(38)27-19-9-10-20(15-19)28(27)31(35)39/h2-14,16,19-20,27-28H,15,17H2,1H3/t19-,20-,27-,28+/m0/s1.